The summed E-state index contributed by atoms with van der Waals surface area (Å²) >= 11 is 11.9. The third kappa shape index (κ3) is 4.46. The summed E-state index contributed by atoms with van der Waals surface area (Å²) in [5.74, 6) is -0.0149. The fourth-order valence-electron chi connectivity index (χ4n) is 3.00. The Morgan fingerprint density at radius 2 is 1.80 bits per heavy atom. The van der Waals surface area contributed by atoms with Crippen LogP contribution in [-0.2, 0) is 15.1 Å². The Labute approximate surface area is 157 Å². The first-order valence-electron chi connectivity index (χ1n) is 8.15. The second-order valence-electron chi connectivity index (χ2n) is 5.95. The quantitative estimate of drug-likeness (QED) is 0.791. The smallest absolute Gasteiger partial charge is 0.345 e. The lowest BCUT2D eigenvalue weighted by Gasteiger charge is -2.37. The van der Waals surface area contributed by atoms with Crippen LogP contribution in [0.5, 0.6) is 5.75 Å². The average Bonchev–Trinajstić information content (AvgIpc) is 2.62. The van der Waals surface area contributed by atoms with Crippen molar-refractivity contribution in [3.05, 3.63) is 64.1 Å². The van der Waals surface area contributed by atoms with Crippen molar-refractivity contribution in [2.24, 2.45) is 0 Å². The highest BCUT2D eigenvalue weighted by atomic mass is 35.5. The van der Waals surface area contributed by atoms with E-state index < -0.39 is 11.6 Å². The summed E-state index contributed by atoms with van der Waals surface area (Å²) < 4.78 is 11.4. The van der Waals surface area contributed by atoms with E-state index in [1.165, 1.54) is 0 Å². The Kier molecular flexibility index (Phi) is 5.84. The minimum atomic E-state index is -0.614. The Morgan fingerprint density at radius 3 is 2.48 bits per heavy atom. The molecular formula is C19H19Cl2NO3. The summed E-state index contributed by atoms with van der Waals surface area (Å²) in [6.45, 7) is 1.39. The zero-order valence-electron chi connectivity index (χ0n) is 13.6. The van der Waals surface area contributed by atoms with Crippen LogP contribution in [-0.4, -0.2) is 25.7 Å². The normalized spacial score (nSPS) is 16.2. The molecule has 3 rings (SSSR count). The monoisotopic (exact) mass is 379 g/mol. The molecule has 25 heavy (non-hydrogen) atoms. The number of ether oxygens (including phenoxy) is 2. The van der Waals surface area contributed by atoms with Gasteiger partial charge in [-0.2, -0.15) is 0 Å². The third-order valence-electron chi connectivity index (χ3n) is 4.26. The molecular weight excluding hydrogens is 361 g/mol. The predicted octanol–water partition coefficient (Wildman–Crippen LogP) is 4.19. The lowest BCUT2D eigenvalue weighted by atomic mass is 9.85. The van der Waals surface area contributed by atoms with Gasteiger partial charge in [-0.25, -0.2) is 4.79 Å². The number of carbonyl (C=O) groups is 1. The molecule has 1 aliphatic rings. The van der Waals surface area contributed by atoms with Crippen LogP contribution in [0.25, 0.3) is 0 Å². The number of nitrogens with one attached hydrogen (secondary N) is 1. The maximum Gasteiger partial charge on any atom is 0.345 e. The minimum absolute atomic E-state index is 0.205. The molecule has 4 nitrogen and oxygen atoms in total. The molecule has 0 aliphatic carbocycles. The number of halogens is 2. The molecule has 2 aromatic carbocycles. The van der Waals surface area contributed by atoms with E-state index in [2.05, 4.69) is 5.32 Å². The van der Waals surface area contributed by atoms with Crippen LogP contribution < -0.4 is 10.1 Å². The molecule has 1 saturated heterocycles. The summed E-state index contributed by atoms with van der Waals surface area (Å²) in [5.41, 5.74) is 0.394. The van der Waals surface area contributed by atoms with Gasteiger partial charge in [0.2, 0.25) is 0 Å². The molecule has 6 heteroatoms. The largest absolute Gasteiger partial charge is 0.480 e. The molecule has 0 unspecified atom stereocenters. The highest BCUT2D eigenvalue weighted by Gasteiger charge is 2.37. The molecule has 0 atom stereocenters. The second kappa shape index (κ2) is 8.09. The zero-order chi connectivity index (χ0) is 17.7. The summed E-state index contributed by atoms with van der Waals surface area (Å²) in [6.07, 6.45) is 1.45. The number of carbonyl (C=O) groups excluding carboxylic acids is 1. The van der Waals surface area contributed by atoms with E-state index in [9.17, 15) is 4.79 Å². The topological polar surface area (TPSA) is 47.6 Å². The fraction of sp³-hybridized carbons (Fsp3) is 0.316. The van der Waals surface area contributed by atoms with Gasteiger partial charge >= 0.3 is 5.97 Å². The summed E-state index contributed by atoms with van der Waals surface area (Å²) in [7, 11) is 0. The molecule has 1 N–H and O–H groups in total. The lowest BCUT2D eigenvalue weighted by Crippen LogP contribution is -2.43. The Hall–Kier alpha value is -1.75. The van der Waals surface area contributed by atoms with Gasteiger partial charge in [0.1, 0.15) is 11.4 Å². The third-order valence-corrected chi connectivity index (χ3v) is 4.79. The molecule has 1 heterocycles. The highest BCUT2D eigenvalue weighted by molar-refractivity contribution is 6.35. The van der Waals surface area contributed by atoms with Gasteiger partial charge < -0.3 is 14.8 Å². The van der Waals surface area contributed by atoms with Crippen LogP contribution in [0.2, 0.25) is 10.0 Å². The van der Waals surface area contributed by atoms with Gasteiger partial charge in [0.25, 0.3) is 0 Å². The van der Waals surface area contributed by atoms with Crippen molar-refractivity contribution in [1.82, 2.24) is 5.32 Å². The number of rotatable bonds is 5. The van der Waals surface area contributed by atoms with Crippen molar-refractivity contribution in [3.8, 4) is 5.75 Å². The first-order chi connectivity index (χ1) is 12.1. The number of piperidine rings is 1. The van der Waals surface area contributed by atoms with Gasteiger partial charge in [-0.15, -0.1) is 0 Å². The van der Waals surface area contributed by atoms with Crippen LogP contribution in [0.1, 0.15) is 18.4 Å². The first kappa shape index (κ1) is 18.1. The van der Waals surface area contributed by atoms with Crippen molar-refractivity contribution in [2.45, 2.75) is 18.4 Å². The van der Waals surface area contributed by atoms with Crippen LogP contribution in [0.3, 0.4) is 0 Å². The van der Waals surface area contributed by atoms with E-state index in [1.54, 1.807) is 18.2 Å². The van der Waals surface area contributed by atoms with Crippen molar-refractivity contribution in [2.75, 3.05) is 19.7 Å². The lowest BCUT2D eigenvalue weighted by molar-refractivity contribution is -0.166. The van der Waals surface area contributed by atoms with Crippen molar-refractivity contribution in [1.29, 1.82) is 0 Å². The van der Waals surface area contributed by atoms with Gasteiger partial charge in [0.05, 0.1) is 5.02 Å². The molecule has 132 valence electrons. The van der Waals surface area contributed by atoms with Gasteiger partial charge in [-0.05, 0) is 36.9 Å². The van der Waals surface area contributed by atoms with Gasteiger partial charge in [0.15, 0.2) is 6.61 Å². The average molecular weight is 380 g/mol. The van der Waals surface area contributed by atoms with Crippen LogP contribution in [0.15, 0.2) is 48.5 Å². The second-order valence-corrected chi connectivity index (χ2v) is 6.79. The van der Waals surface area contributed by atoms with Crippen molar-refractivity contribution >= 4 is 29.2 Å². The summed E-state index contributed by atoms with van der Waals surface area (Å²) in [5, 5.41) is 4.17. The number of benzene rings is 2. The van der Waals surface area contributed by atoms with Crippen LogP contribution in [0, 0.1) is 0 Å². The zero-order valence-corrected chi connectivity index (χ0v) is 15.1. The van der Waals surface area contributed by atoms with Crippen LogP contribution >= 0.6 is 23.2 Å². The molecule has 1 aliphatic heterocycles. The van der Waals surface area contributed by atoms with Crippen molar-refractivity contribution < 1.29 is 14.3 Å². The molecule has 0 bridgehead atoms. The van der Waals surface area contributed by atoms with E-state index >= 15 is 0 Å². The fourth-order valence-corrected chi connectivity index (χ4v) is 3.46. The van der Waals surface area contributed by atoms with Gasteiger partial charge in [-0.1, -0.05) is 53.5 Å². The van der Waals surface area contributed by atoms with E-state index in [0.717, 1.165) is 31.5 Å². The van der Waals surface area contributed by atoms with E-state index in [-0.39, 0.29) is 6.61 Å². The summed E-state index contributed by atoms with van der Waals surface area (Å²) in [4.78, 5) is 12.4. The SMILES string of the molecule is O=C(COc1ccc(Cl)cc1Cl)OC1(c2ccccc2)CCNCC1. The minimum Gasteiger partial charge on any atom is -0.480 e. The van der Waals surface area contributed by atoms with Crippen molar-refractivity contribution in [3.63, 3.8) is 0 Å². The van der Waals surface area contributed by atoms with Crippen LogP contribution in [0.4, 0.5) is 0 Å². The standard InChI is InChI=1S/C19H19Cl2NO3/c20-15-6-7-17(16(21)12-15)24-13-18(23)25-19(8-10-22-11-9-19)14-4-2-1-3-5-14/h1-7,12,22H,8-11,13H2. The number of hydrogen-bond acceptors (Lipinski definition) is 4. The molecule has 1 fully saturated rings. The Balaban J connectivity index is 1.68. The van der Waals surface area contributed by atoms with E-state index in [0.29, 0.717) is 15.8 Å². The predicted molar refractivity (Wildman–Crippen MR) is 98.3 cm³/mol. The Morgan fingerprint density at radius 1 is 1.08 bits per heavy atom. The molecule has 0 spiro atoms. The summed E-state index contributed by atoms with van der Waals surface area (Å²) in [6, 6.07) is 14.7. The maximum atomic E-state index is 12.4. The van der Waals surface area contributed by atoms with E-state index in [1.807, 2.05) is 30.3 Å². The first-order valence-corrected chi connectivity index (χ1v) is 8.91. The Bertz CT molecular complexity index is 731. The molecule has 0 saturated carbocycles. The maximum absolute atomic E-state index is 12.4. The number of esters is 1. The molecule has 0 radical (unpaired) electrons. The molecule has 0 amide bonds. The highest BCUT2D eigenvalue weighted by Crippen LogP contribution is 2.35. The molecule has 0 aromatic heterocycles. The van der Waals surface area contributed by atoms with Gasteiger partial charge in [-0.3, -0.25) is 0 Å². The van der Waals surface area contributed by atoms with E-state index in [4.69, 9.17) is 32.7 Å². The van der Waals surface area contributed by atoms with Gasteiger partial charge in [0, 0.05) is 17.9 Å². The molecule has 2 aromatic rings. The number of hydrogen-bond donors (Lipinski definition) is 1.